The van der Waals surface area contributed by atoms with Gasteiger partial charge < -0.3 is 4.90 Å². The minimum Gasteiger partial charge on any atom is -0.353 e. The van der Waals surface area contributed by atoms with E-state index in [4.69, 9.17) is 0 Å². The minimum atomic E-state index is -5.61. The Morgan fingerprint density at radius 3 is 2.59 bits per heavy atom. The molecule has 0 aromatic rings. The van der Waals surface area contributed by atoms with E-state index in [0.29, 0.717) is 18.0 Å². The summed E-state index contributed by atoms with van der Waals surface area (Å²) in [4.78, 5) is 1.67. The Morgan fingerprint density at radius 1 is 1.35 bits per heavy atom. The molecular formula is C7H9F3N2O3S2. The molecule has 0 aliphatic carbocycles. The SMILES string of the molecule is O=S(=O)(ON1C=CN2CC(S)CC21)C(F)(F)F. The summed E-state index contributed by atoms with van der Waals surface area (Å²) in [5, 5.41) is 0.670. The molecule has 98 valence electrons. The molecule has 1 fully saturated rings. The van der Waals surface area contributed by atoms with Crippen LogP contribution in [0, 0.1) is 0 Å². The van der Waals surface area contributed by atoms with Crippen LogP contribution in [0.15, 0.2) is 12.4 Å². The monoisotopic (exact) mass is 290 g/mol. The molecule has 2 rings (SSSR count). The number of halogens is 3. The quantitative estimate of drug-likeness (QED) is 0.604. The molecule has 0 N–H and O–H groups in total. The van der Waals surface area contributed by atoms with Crippen LogP contribution in [0.25, 0.3) is 0 Å². The summed E-state index contributed by atoms with van der Waals surface area (Å²) >= 11 is 4.18. The molecule has 1 saturated heterocycles. The van der Waals surface area contributed by atoms with Crippen molar-refractivity contribution < 1.29 is 25.9 Å². The molecule has 10 heteroatoms. The molecule has 0 aromatic heterocycles. The molecule has 0 bridgehead atoms. The maximum Gasteiger partial charge on any atom is 0.525 e. The van der Waals surface area contributed by atoms with Gasteiger partial charge in [-0.1, -0.05) is 0 Å². The lowest BCUT2D eigenvalue weighted by molar-refractivity contribution is -0.102. The van der Waals surface area contributed by atoms with Crippen molar-refractivity contribution in [1.82, 2.24) is 9.96 Å². The highest BCUT2D eigenvalue weighted by Gasteiger charge is 2.50. The van der Waals surface area contributed by atoms with Crippen molar-refractivity contribution in [2.45, 2.75) is 23.3 Å². The zero-order valence-electron chi connectivity index (χ0n) is 8.33. The number of hydroxylamine groups is 2. The maximum atomic E-state index is 12.1. The van der Waals surface area contributed by atoms with Gasteiger partial charge in [-0.15, -0.1) is 4.28 Å². The first kappa shape index (κ1) is 12.8. The smallest absolute Gasteiger partial charge is 0.353 e. The topological polar surface area (TPSA) is 49.9 Å². The lowest BCUT2D eigenvalue weighted by Gasteiger charge is -2.24. The number of fused-ring (bicyclic) bond motifs is 1. The molecule has 2 atom stereocenters. The molecule has 0 radical (unpaired) electrons. The Morgan fingerprint density at radius 2 is 2.00 bits per heavy atom. The van der Waals surface area contributed by atoms with Crippen molar-refractivity contribution in [2.75, 3.05) is 6.54 Å². The van der Waals surface area contributed by atoms with E-state index in [-0.39, 0.29) is 5.25 Å². The number of nitrogens with zero attached hydrogens (tertiary/aromatic N) is 2. The molecule has 5 nitrogen and oxygen atoms in total. The summed E-state index contributed by atoms with van der Waals surface area (Å²) in [5.74, 6) is 0. The molecule has 2 heterocycles. The molecule has 0 amide bonds. The van der Waals surface area contributed by atoms with Gasteiger partial charge in [0.1, 0.15) is 6.17 Å². The van der Waals surface area contributed by atoms with E-state index in [1.165, 1.54) is 6.20 Å². The highest BCUT2D eigenvalue weighted by Crippen LogP contribution is 2.33. The van der Waals surface area contributed by atoms with E-state index in [9.17, 15) is 21.6 Å². The van der Waals surface area contributed by atoms with E-state index >= 15 is 0 Å². The third-order valence-corrected chi connectivity index (χ3v) is 3.76. The van der Waals surface area contributed by atoms with Gasteiger partial charge in [0.15, 0.2) is 0 Å². The van der Waals surface area contributed by atoms with Crippen LogP contribution in [0.4, 0.5) is 13.2 Å². The van der Waals surface area contributed by atoms with Crippen molar-refractivity contribution in [3.63, 3.8) is 0 Å². The van der Waals surface area contributed by atoms with Crippen LogP contribution >= 0.6 is 12.6 Å². The summed E-state index contributed by atoms with van der Waals surface area (Å²) < 4.78 is 62.0. The molecule has 0 aromatic carbocycles. The van der Waals surface area contributed by atoms with E-state index in [1.807, 2.05) is 0 Å². The van der Waals surface area contributed by atoms with Crippen LogP contribution in [0.1, 0.15) is 6.42 Å². The normalized spacial score (nSPS) is 28.9. The molecule has 2 aliphatic heterocycles. The van der Waals surface area contributed by atoms with Gasteiger partial charge in [0.2, 0.25) is 0 Å². The van der Waals surface area contributed by atoms with Crippen LogP contribution in [0.5, 0.6) is 0 Å². The number of thiol groups is 1. The summed E-state index contributed by atoms with van der Waals surface area (Å²) in [7, 11) is -5.61. The number of hydrogen-bond donors (Lipinski definition) is 1. The van der Waals surface area contributed by atoms with E-state index < -0.39 is 21.8 Å². The fourth-order valence-electron chi connectivity index (χ4n) is 1.71. The highest BCUT2D eigenvalue weighted by molar-refractivity contribution is 7.87. The fraction of sp³-hybridized carbons (Fsp3) is 0.714. The zero-order chi connectivity index (χ0) is 12.8. The Kier molecular flexibility index (Phi) is 2.99. The van der Waals surface area contributed by atoms with Crippen molar-refractivity contribution in [3.05, 3.63) is 12.4 Å². The Labute approximate surface area is 101 Å². The molecule has 2 unspecified atom stereocenters. The van der Waals surface area contributed by atoms with Crippen LogP contribution in [-0.2, 0) is 14.4 Å². The zero-order valence-corrected chi connectivity index (χ0v) is 10.0. The number of alkyl halides is 3. The third kappa shape index (κ3) is 2.33. The van der Waals surface area contributed by atoms with Gasteiger partial charge in [-0.2, -0.15) is 34.2 Å². The van der Waals surface area contributed by atoms with Gasteiger partial charge in [-0.05, 0) is 0 Å². The first-order chi connectivity index (χ1) is 7.71. The standard InChI is InChI=1S/C7H9F3N2O3S2/c8-7(9,10)17(13,14)15-12-2-1-11-4-5(16)3-6(11)12/h1-2,5-6,16H,3-4H2. The Bertz CT molecular complexity index is 436. The van der Waals surface area contributed by atoms with Gasteiger partial charge in [-0.3, -0.25) is 0 Å². The molecule has 17 heavy (non-hydrogen) atoms. The van der Waals surface area contributed by atoms with Gasteiger partial charge >= 0.3 is 15.6 Å². The molecule has 0 spiro atoms. The van der Waals surface area contributed by atoms with Gasteiger partial charge in [0, 0.05) is 30.6 Å². The molecular weight excluding hydrogens is 281 g/mol. The van der Waals surface area contributed by atoms with Crippen molar-refractivity contribution in [2.24, 2.45) is 0 Å². The maximum absolute atomic E-state index is 12.1. The van der Waals surface area contributed by atoms with Gasteiger partial charge in [0.05, 0.1) is 0 Å². The van der Waals surface area contributed by atoms with E-state index in [2.05, 4.69) is 16.9 Å². The Hall–Kier alpha value is -0.610. The average Bonchev–Trinajstić information content (AvgIpc) is 2.65. The summed E-state index contributed by atoms with van der Waals surface area (Å²) in [5.41, 5.74) is -5.42. The second-order valence-corrected chi connectivity index (χ2v) is 5.95. The first-order valence-electron chi connectivity index (χ1n) is 4.62. The van der Waals surface area contributed by atoms with Crippen LogP contribution in [-0.4, -0.2) is 41.8 Å². The fourth-order valence-corrected chi connectivity index (χ4v) is 2.55. The Balaban J connectivity index is 2.09. The second-order valence-electron chi connectivity index (χ2n) is 3.70. The highest BCUT2D eigenvalue weighted by atomic mass is 32.2. The minimum absolute atomic E-state index is 0.0235. The van der Waals surface area contributed by atoms with Gasteiger partial charge in [-0.25, -0.2) is 5.06 Å². The largest absolute Gasteiger partial charge is 0.525 e. The predicted molar refractivity (Wildman–Crippen MR) is 54.9 cm³/mol. The van der Waals surface area contributed by atoms with Crippen LogP contribution in [0.3, 0.4) is 0 Å². The van der Waals surface area contributed by atoms with E-state index in [0.717, 1.165) is 6.20 Å². The van der Waals surface area contributed by atoms with Crippen molar-refractivity contribution in [3.8, 4) is 0 Å². The van der Waals surface area contributed by atoms with Crippen molar-refractivity contribution >= 4 is 22.7 Å². The number of hydrogen-bond acceptors (Lipinski definition) is 6. The summed E-state index contributed by atoms with van der Waals surface area (Å²) in [6, 6.07) is 0. The summed E-state index contributed by atoms with van der Waals surface area (Å²) in [6.07, 6.45) is 2.51. The number of rotatable bonds is 2. The lowest BCUT2D eigenvalue weighted by Crippen LogP contribution is -2.38. The second kappa shape index (κ2) is 3.95. The molecule has 0 saturated carbocycles. The lowest BCUT2D eigenvalue weighted by atomic mass is 10.3. The van der Waals surface area contributed by atoms with Gasteiger partial charge in [0.25, 0.3) is 0 Å². The average molecular weight is 290 g/mol. The summed E-state index contributed by atoms with van der Waals surface area (Å²) in [6.45, 7) is 0.538. The predicted octanol–water partition coefficient (Wildman–Crippen LogP) is 0.885. The van der Waals surface area contributed by atoms with E-state index in [1.54, 1.807) is 4.90 Å². The first-order valence-corrected chi connectivity index (χ1v) is 6.54. The third-order valence-electron chi connectivity index (χ3n) is 2.45. The van der Waals surface area contributed by atoms with Crippen LogP contribution < -0.4 is 0 Å². The molecule has 2 aliphatic rings. The van der Waals surface area contributed by atoms with Crippen molar-refractivity contribution in [1.29, 1.82) is 0 Å². The van der Waals surface area contributed by atoms with Crippen LogP contribution in [0.2, 0.25) is 0 Å².